The molecule has 1 amide bonds. The molecule has 9 heteroatoms. The Balaban J connectivity index is 1.67. The number of amides is 1. The van der Waals surface area contributed by atoms with Crippen molar-refractivity contribution in [2.45, 2.75) is 24.9 Å². The van der Waals surface area contributed by atoms with Gasteiger partial charge in [0.15, 0.2) is 0 Å². The van der Waals surface area contributed by atoms with Gasteiger partial charge in [0, 0.05) is 26.1 Å². The van der Waals surface area contributed by atoms with E-state index in [0.29, 0.717) is 30.9 Å². The van der Waals surface area contributed by atoms with Crippen molar-refractivity contribution in [3.8, 4) is 5.69 Å². The van der Waals surface area contributed by atoms with E-state index in [0.717, 1.165) is 6.07 Å². The summed E-state index contributed by atoms with van der Waals surface area (Å²) in [5.74, 6) is -0.438. The summed E-state index contributed by atoms with van der Waals surface area (Å²) in [5.41, 5.74) is -0.966. The van der Waals surface area contributed by atoms with Gasteiger partial charge in [0.1, 0.15) is 5.82 Å². The van der Waals surface area contributed by atoms with Crippen molar-refractivity contribution in [2.24, 2.45) is 7.05 Å². The minimum absolute atomic E-state index is 0.189. The first-order valence-corrected chi connectivity index (χ1v) is 9.94. The van der Waals surface area contributed by atoms with E-state index in [1.165, 1.54) is 32.3 Å². The topological polar surface area (TPSA) is 60.1 Å². The van der Waals surface area contributed by atoms with E-state index in [1.807, 2.05) is 18.2 Å². The lowest BCUT2D eigenvalue weighted by atomic mass is 9.95. The summed E-state index contributed by atoms with van der Waals surface area (Å²) in [7, 11) is 1.55. The lowest BCUT2D eigenvalue weighted by Crippen LogP contribution is -2.40. The molecule has 0 spiro atoms. The highest BCUT2D eigenvalue weighted by molar-refractivity contribution is 5.96. The van der Waals surface area contributed by atoms with Gasteiger partial charge in [0.05, 0.1) is 16.8 Å². The monoisotopic (exact) mass is 430 g/mol. The Bertz CT molecular complexity index is 1150. The highest BCUT2D eigenvalue weighted by Crippen LogP contribution is 2.34. The number of likely N-dealkylation sites (tertiary alicyclic amines) is 1. The maximum Gasteiger partial charge on any atom is 0.417 e. The van der Waals surface area contributed by atoms with Crippen LogP contribution in [-0.4, -0.2) is 38.2 Å². The number of nitrogens with zero attached hydrogens (tertiary/aromatic N) is 4. The third-order valence-electron chi connectivity index (χ3n) is 5.50. The molecule has 1 aromatic heterocycles. The lowest BCUT2D eigenvalue weighted by Gasteiger charge is -2.33. The second-order valence-corrected chi connectivity index (χ2v) is 7.57. The van der Waals surface area contributed by atoms with Crippen LogP contribution in [0.15, 0.2) is 59.4 Å². The van der Waals surface area contributed by atoms with E-state index >= 15 is 0 Å². The SMILES string of the molecule is Cn1nc([C@@H]2CCCN(C(=O)c3ccccc3C(F)(F)F)C2)n(-c2ccccc2)c1=O. The standard InChI is InChI=1S/C22H21F3N4O2/c1-27-21(31)29(16-9-3-2-4-10-16)19(26-27)15-8-7-13-28(14-15)20(30)17-11-5-6-12-18(17)22(23,24)25/h2-6,9-12,15H,7-8,13-14H2,1H3/t15-/m1/s1. The van der Waals surface area contributed by atoms with E-state index in [4.69, 9.17) is 0 Å². The first-order chi connectivity index (χ1) is 14.8. The number of carbonyl (C=O) groups is 1. The van der Waals surface area contributed by atoms with Crippen molar-refractivity contribution < 1.29 is 18.0 Å². The van der Waals surface area contributed by atoms with Gasteiger partial charge in [0.25, 0.3) is 5.91 Å². The van der Waals surface area contributed by atoms with Crippen LogP contribution in [0.1, 0.15) is 40.5 Å². The number of hydrogen-bond acceptors (Lipinski definition) is 3. The molecule has 3 aromatic rings. The molecular formula is C22H21F3N4O2. The molecule has 4 rings (SSSR count). The van der Waals surface area contributed by atoms with E-state index < -0.39 is 17.6 Å². The zero-order chi connectivity index (χ0) is 22.2. The fourth-order valence-electron chi connectivity index (χ4n) is 4.03. The summed E-state index contributed by atoms with van der Waals surface area (Å²) in [6.07, 6.45) is -3.34. The Kier molecular flexibility index (Phi) is 5.43. The van der Waals surface area contributed by atoms with Crippen LogP contribution in [0, 0.1) is 0 Å². The number of aromatic nitrogens is 3. The number of alkyl halides is 3. The number of carbonyl (C=O) groups excluding carboxylic acids is 1. The fourth-order valence-corrected chi connectivity index (χ4v) is 4.03. The maximum absolute atomic E-state index is 13.4. The average molecular weight is 430 g/mol. The quantitative estimate of drug-likeness (QED) is 0.638. The second kappa shape index (κ2) is 8.05. The molecule has 2 heterocycles. The minimum atomic E-state index is -4.61. The van der Waals surface area contributed by atoms with Gasteiger partial charge in [-0.25, -0.2) is 14.0 Å². The minimum Gasteiger partial charge on any atom is -0.338 e. The van der Waals surface area contributed by atoms with Crippen molar-refractivity contribution in [1.82, 2.24) is 19.2 Å². The van der Waals surface area contributed by atoms with Gasteiger partial charge in [-0.1, -0.05) is 30.3 Å². The van der Waals surface area contributed by atoms with E-state index in [9.17, 15) is 22.8 Å². The smallest absolute Gasteiger partial charge is 0.338 e. The Morgan fingerprint density at radius 2 is 1.74 bits per heavy atom. The Labute approximate surface area is 176 Å². The Hall–Kier alpha value is -3.36. The summed E-state index contributed by atoms with van der Waals surface area (Å²) < 4.78 is 42.9. The van der Waals surface area contributed by atoms with Gasteiger partial charge in [-0.2, -0.15) is 18.3 Å². The van der Waals surface area contributed by atoms with Crippen LogP contribution in [0.5, 0.6) is 0 Å². The molecular weight excluding hydrogens is 409 g/mol. The van der Waals surface area contributed by atoms with Crippen LogP contribution >= 0.6 is 0 Å². The van der Waals surface area contributed by atoms with Crippen LogP contribution in [0.2, 0.25) is 0 Å². The first-order valence-electron chi connectivity index (χ1n) is 9.94. The van der Waals surface area contributed by atoms with Crippen LogP contribution < -0.4 is 5.69 Å². The molecule has 1 aliphatic heterocycles. The summed E-state index contributed by atoms with van der Waals surface area (Å²) in [4.78, 5) is 27.1. The largest absolute Gasteiger partial charge is 0.417 e. The molecule has 0 unspecified atom stereocenters. The van der Waals surface area contributed by atoms with Gasteiger partial charge in [-0.05, 0) is 37.1 Å². The first kappa shape index (κ1) is 20.9. The number of para-hydroxylation sites is 1. The molecule has 0 N–H and O–H groups in total. The highest BCUT2D eigenvalue weighted by Gasteiger charge is 2.37. The third-order valence-corrected chi connectivity index (χ3v) is 5.50. The lowest BCUT2D eigenvalue weighted by molar-refractivity contribution is -0.138. The van der Waals surface area contributed by atoms with Gasteiger partial charge in [-0.3, -0.25) is 4.79 Å². The summed E-state index contributed by atoms with van der Waals surface area (Å²) >= 11 is 0. The van der Waals surface area contributed by atoms with Crippen LogP contribution in [-0.2, 0) is 13.2 Å². The normalized spacial score (nSPS) is 17.0. The molecule has 6 nitrogen and oxygen atoms in total. The number of halogens is 3. The van der Waals surface area contributed by atoms with Gasteiger partial charge >= 0.3 is 11.9 Å². The molecule has 0 radical (unpaired) electrons. The average Bonchev–Trinajstić information content (AvgIpc) is 3.08. The Morgan fingerprint density at radius 1 is 1.06 bits per heavy atom. The number of rotatable bonds is 3. The van der Waals surface area contributed by atoms with Gasteiger partial charge in [0.2, 0.25) is 0 Å². The molecule has 0 aliphatic carbocycles. The van der Waals surface area contributed by atoms with Crippen LogP contribution in [0.25, 0.3) is 5.69 Å². The van der Waals surface area contributed by atoms with Crippen LogP contribution in [0.4, 0.5) is 13.2 Å². The highest BCUT2D eigenvalue weighted by atomic mass is 19.4. The number of aryl methyl sites for hydroxylation is 1. The number of piperidine rings is 1. The predicted octanol–water partition coefficient (Wildman–Crippen LogP) is 3.61. The second-order valence-electron chi connectivity index (χ2n) is 7.57. The van der Waals surface area contributed by atoms with Crippen molar-refractivity contribution >= 4 is 5.91 Å². The number of benzene rings is 2. The molecule has 1 atom stereocenters. The molecule has 31 heavy (non-hydrogen) atoms. The van der Waals surface area contributed by atoms with Crippen LogP contribution in [0.3, 0.4) is 0 Å². The zero-order valence-electron chi connectivity index (χ0n) is 16.8. The van der Waals surface area contributed by atoms with Crippen molar-refractivity contribution in [3.63, 3.8) is 0 Å². The molecule has 162 valence electrons. The van der Waals surface area contributed by atoms with Crippen molar-refractivity contribution in [2.75, 3.05) is 13.1 Å². The molecule has 0 saturated carbocycles. The molecule has 1 aliphatic rings. The summed E-state index contributed by atoms with van der Waals surface area (Å²) in [6, 6.07) is 13.9. The summed E-state index contributed by atoms with van der Waals surface area (Å²) in [6.45, 7) is 0.540. The predicted molar refractivity (Wildman–Crippen MR) is 108 cm³/mol. The molecule has 1 saturated heterocycles. The van der Waals surface area contributed by atoms with E-state index in [-0.39, 0.29) is 23.7 Å². The third kappa shape index (κ3) is 3.99. The van der Waals surface area contributed by atoms with Gasteiger partial charge in [-0.15, -0.1) is 0 Å². The molecule has 2 aromatic carbocycles. The zero-order valence-corrected chi connectivity index (χ0v) is 16.8. The van der Waals surface area contributed by atoms with E-state index in [1.54, 1.807) is 19.2 Å². The molecule has 1 fully saturated rings. The maximum atomic E-state index is 13.4. The number of hydrogen-bond donors (Lipinski definition) is 0. The summed E-state index contributed by atoms with van der Waals surface area (Å²) in [5, 5.41) is 4.38. The van der Waals surface area contributed by atoms with Crippen molar-refractivity contribution in [3.05, 3.63) is 82.0 Å². The fraction of sp³-hybridized carbons (Fsp3) is 0.318. The van der Waals surface area contributed by atoms with Gasteiger partial charge < -0.3 is 4.90 Å². The van der Waals surface area contributed by atoms with Crippen molar-refractivity contribution in [1.29, 1.82) is 0 Å². The van der Waals surface area contributed by atoms with E-state index in [2.05, 4.69) is 5.10 Å². The Morgan fingerprint density at radius 3 is 2.45 bits per heavy atom. The molecule has 0 bridgehead atoms.